The van der Waals surface area contributed by atoms with Gasteiger partial charge in [-0.25, -0.2) is 15.0 Å². The number of fused-ring (bicyclic) bond motifs is 4. The smallest absolute Gasteiger partial charge is 0.265 e. The molecule has 6 nitrogen and oxygen atoms in total. The summed E-state index contributed by atoms with van der Waals surface area (Å²) in [5, 5.41) is 0.521. The van der Waals surface area contributed by atoms with Crippen LogP contribution in [-0.2, 0) is 19.4 Å². The first kappa shape index (κ1) is 22.2. The Morgan fingerprint density at radius 3 is 2.14 bits per heavy atom. The van der Waals surface area contributed by atoms with E-state index in [0.29, 0.717) is 35.2 Å². The van der Waals surface area contributed by atoms with E-state index in [1.807, 2.05) is 58.5 Å². The van der Waals surface area contributed by atoms with Gasteiger partial charge in [0.1, 0.15) is 16.7 Å². The average Bonchev–Trinajstić information content (AvgIpc) is 3.19. The summed E-state index contributed by atoms with van der Waals surface area (Å²) in [6.07, 6.45) is 1.41. The van der Waals surface area contributed by atoms with E-state index in [2.05, 4.69) is 44.2 Å². The van der Waals surface area contributed by atoms with Crippen molar-refractivity contribution in [1.29, 1.82) is 0 Å². The van der Waals surface area contributed by atoms with E-state index in [0.717, 1.165) is 40.1 Å². The molecule has 3 heterocycles. The number of aryl methyl sites for hydroxylation is 4. The summed E-state index contributed by atoms with van der Waals surface area (Å²) in [6, 6.07) is 24.4. The van der Waals surface area contributed by atoms with E-state index < -0.39 is 0 Å². The van der Waals surface area contributed by atoms with Crippen LogP contribution >= 0.6 is 0 Å². The maximum absolute atomic E-state index is 14.1. The molecule has 0 atom stereocenters. The molecule has 3 aromatic carbocycles. The summed E-state index contributed by atoms with van der Waals surface area (Å²) in [4.78, 5) is 29.1. The average molecular weight is 474 g/mol. The summed E-state index contributed by atoms with van der Waals surface area (Å²) in [5.41, 5.74) is 7.76. The topological polar surface area (TPSA) is 65.6 Å². The molecule has 0 saturated heterocycles. The molecule has 0 N–H and O–H groups in total. The van der Waals surface area contributed by atoms with Gasteiger partial charge in [0.05, 0.1) is 11.0 Å². The highest BCUT2D eigenvalue weighted by molar-refractivity contribution is 6.05. The van der Waals surface area contributed by atoms with Gasteiger partial charge in [0.25, 0.3) is 5.56 Å². The maximum Gasteiger partial charge on any atom is 0.265 e. The number of nitrogens with zero attached hydrogens (tertiary/aromatic N) is 5. The molecule has 0 aliphatic heterocycles. The van der Waals surface area contributed by atoms with Crippen molar-refractivity contribution < 1.29 is 0 Å². The quantitative estimate of drug-likeness (QED) is 0.322. The number of aromatic nitrogens is 5. The molecule has 0 saturated carbocycles. The first-order valence-electron chi connectivity index (χ1n) is 12.4. The number of benzene rings is 3. The van der Waals surface area contributed by atoms with Crippen LogP contribution in [0.5, 0.6) is 0 Å². The maximum atomic E-state index is 14.1. The van der Waals surface area contributed by atoms with Crippen LogP contribution in [0.3, 0.4) is 0 Å². The fraction of sp³-hybridized carbons (Fsp3) is 0.200. The van der Waals surface area contributed by atoms with Gasteiger partial charge in [0.2, 0.25) is 0 Å². The molecule has 36 heavy (non-hydrogen) atoms. The Bertz CT molecular complexity index is 1800. The molecular formula is C30H27N5O. The molecule has 178 valence electrons. The van der Waals surface area contributed by atoms with Crippen LogP contribution in [-0.4, -0.2) is 24.1 Å². The van der Waals surface area contributed by atoms with Crippen molar-refractivity contribution in [3.63, 3.8) is 0 Å². The molecular weight excluding hydrogens is 446 g/mol. The van der Waals surface area contributed by atoms with Gasteiger partial charge in [-0.2, -0.15) is 0 Å². The largest absolute Gasteiger partial charge is 0.296 e. The highest BCUT2D eigenvalue weighted by atomic mass is 16.1. The first-order chi connectivity index (χ1) is 17.5. The molecule has 6 aromatic rings. The number of rotatable bonds is 5. The summed E-state index contributed by atoms with van der Waals surface area (Å²) in [6.45, 7) is 6.76. The third-order valence-corrected chi connectivity index (χ3v) is 6.69. The molecule has 0 amide bonds. The SMILES string of the molecule is CCc1nc2c(c(=O)n1CCc1ccccc1)c1nc3ccccc3nc1n2-c1cc(C)cc(C)c1. The van der Waals surface area contributed by atoms with Crippen LogP contribution in [0.2, 0.25) is 0 Å². The van der Waals surface area contributed by atoms with Crippen molar-refractivity contribution >= 4 is 33.2 Å². The van der Waals surface area contributed by atoms with Gasteiger partial charge in [0.15, 0.2) is 11.3 Å². The van der Waals surface area contributed by atoms with Crippen molar-refractivity contribution in [2.75, 3.05) is 0 Å². The van der Waals surface area contributed by atoms with Crippen LogP contribution in [0.25, 0.3) is 38.9 Å². The second-order valence-electron chi connectivity index (χ2n) is 9.34. The van der Waals surface area contributed by atoms with Crippen molar-refractivity contribution in [2.45, 2.75) is 40.2 Å². The Hall–Kier alpha value is -4.32. The van der Waals surface area contributed by atoms with Crippen molar-refractivity contribution in [2.24, 2.45) is 0 Å². The molecule has 0 aliphatic carbocycles. The second kappa shape index (κ2) is 8.72. The van der Waals surface area contributed by atoms with Gasteiger partial charge in [-0.15, -0.1) is 0 Å². The lowest BCUT2D eigenvalue weighted by atomic mass is 10.1. The molecule has 0 aliphatic rings. The predicted octanol–water partition coefficient (Wildman–Crippen LogP) is 5.71. The minimum Gasteiger partial charge on any atom is -0.296 e. The fourth-order valence-corrected chi connectivity index (χ4v) is 5.08. The number of hydrogen-bond acceptors (Lipinski definition) is 4. The summed E-state index contributed by atoms with van der Waals surface area (Å²) < 4.78 is 3.82. The van der Waals surface area contributed by atoms with Gasteiger partial charge < -0.3 is 0 Å². The zero-order valence-electron chi connectivity index (χ0n) is 20.7. The van der Waals surface area contributed by atoms with E-state index in [1.165, 1.54) is 5.56 Å². The highest BCUT2D eigenvalue weighted by Crippen LogP contribution is 2.29. The second-order valence-corrected chi connectivity index (χ2v) is 9.34. The van der Waals surface area contributed by atoms with Crippen molar-refractivity contribution in [3.8, 4) is 5.69 Å². The Balaban J connectivity index is 1.68. The van der Waals surface area contributed by atoms with E-state index >= 15 is 0 Å². The number of para-hydroxylation sites is 2. The summed E-state index contributed by atoms with van der Waals surface area (Å²) >= 11 is 0. The summed E-state index contributed by atoms with van der Waals surface area (Å²) in [7, 11) is 0. The van der Waals surface area contributed by atoms with E-state index in [1.54, 1.807) is 0 Å². The third kappa shape index (κ3) is 3.66. The Labute approximate surface area is 208 Å². The Morgan fingerprint density at radius 2 is 1.44 bits per heavy atom. The minimum atomic E-state index is -0.0644. The van der Waals surface area contributed by atoms with E-state index in [4.69, 9.17) is 15.0 Å². The molecule has 0 bridgehead atoms. The zero-order chi connectivity index (χ0) is 24.8. The Morgan fingerprint density at radius 1 is 0.778 bits per heavy atom. The highest BCUT2D eigenvalue weighted by Gasteiger charge is 2.23. The van der Waals surface area contributed by atoms with Gasteiger partial charge >= 0.3 is 0 Å². The van der Waals surface area contributed by atoms with Crippen LogP contribution in [0.1, 0.15) is 29.4 Å². The summed E-state index contributed by atoms with van der Waals surface area (Å²) in [5.74, 6) is 0.765. The molecule has 0 unspecified atom stereocenters. The standard InChI is InChI=1S/C30H27N5O/c1-4-25-33-28-26(30(36)34(25)15-14-21-10-6-5-7-11-21)27-29(32-24-13-9-8-12-23(24)31-27)35(28)22-17-19(2)16-20(3)18-22/h5-13,16-18H,4,14-15H2,1-3H3. The minimum absolute atomic E-state index is 0.0644. The van der Waals surface area contributed by atoms with Crippen LogP contribution < -0.4 is 5.56 Å². The van der Waals surface area contributed by atoms with Crippen molar-refractivity contribution in [3.05, 3.63) is 106 Å². The number of hydrogen-bond donors (Lipinski definition) is 0. The van der Waals surface area contributed by atoms with Crippen LogP contribution in [0.15, 0.2) is 77.6 Å². The van der Waals surface area contributed by atoms with Crippen LogP contribution in [0, 0.1) is 13.8 Å². The third-order valence-electron chi connectivity index (χ3n) is 6.69. The normalized spacial score (nSPS) is 11.6. The van der Waals surface area contributed by atoms with E-state index in [-0.39, 0.29) is 5.56 Å². The van der Waals surface area contributed by atoms with Gasteiger partial charge in [-0.3, -0.25) is 13.9 Å². The Kier molecular flexibility index (Phi) is 5.37. The molecule has 0 spiro atoms. The monoisotopic (exact) mass is 473 g/mol. The molecule has 3 aromatic heterocycles. The predicted molar refractivity (Wildman–Crippen MR) is 145 cm³/mol. The van der Waals surface area contributed by atoms with Crippen molar-refractivity contribution in [1.82, 2.24) is 24.1 Å². The lowest BCUT2D eigenvalue weighted by Crippen LogP contribution is -2.26. The molecule has 6 heteroatoms. The fourth-order valence-electron chi connectivity index (χ4n) is 5.08. The van der Waals surface area contributed by atoms with Gasteiger partial charge in [-0.05, 0) is 61.2 Å². The zero-order valence-corrected chi connectivity index (χ0v) is 20.7. The lowest BCUT2D eigenvalue weighted by Gasteiger charge is -2.13. The molecule has 0 radical (unpaired) electrons. The molecule has 6 rings (SSSR count). The van der Waals surface area contributed by atoms with Gasteiger partial charge in [-0.1, -0.05) is 55.5 Å². The van der Waals surface area contributed by atoms with Gasteiger partial charge in [0, 0.05) is 18.7 Å². The first-order valence-corrected chi connectivity index (χ1v) is 12.4. The van der Waals surface area contributed by atoms with Crippen LogP contribution in [0.4, 0.5) is 0 Å². The van der Waals surface area contributed by atoms with E-state index in [9.17, 15) is 4.79 Å². The molecule has 0 fully saturated rings. The lowest BCUT2D eigenvalue weighted by molar-refractivity contribution is 0.620.